The van der Waals surface area contributed by atoms with Gasteiger partial charge in [0.15, 0.2) is 5.52 Å². The van der Waals surface area contributed by atoms with Crippen molar-refractivity contribution in [3.63, 3.8) is 0 Å². The van der Waals surface area contributed by atoms with Crippen LogP contribution in [0, 0.1) is 11.3 Å². The van der Waals surface area contributed by atoms with E-state index in [9.17, 15) is 13.7 Å². The van der Waals surface area contributed by atoms with Gasteiger partial charge in [0.05, 0.1) is 35.6 Å². The average molecular weight is 480 g/mol. The summed E-state index contributed by atoms with van der Waals surface area (Å²) in [7, 11) is -3.29. The summed E-state index contributed by atoms with van der Waals surface area (Å²) in [6.45, 7) is 1.01. The number of aromatic nitrogens is 3. The zero-order valence-electron chi connectivity index (χ0n) is 18.8. The molecule has 1 saturated carbocycles. The van der Waals surface area contributed by atoms with Gasteiger partial charge < -0.3 is 9.47 Å². The summed E-state index contributed by atoms with van der Waals surface area (Å²) in [5, 5.41) is 9.62. The van der Waals surface area contributed by atoms with Crippen molar-refractivity contribution in [2.75, 3.05) is 32.6 Å². The molecule has 2 aromatic heterocycles. The summed E-state index contributed by atoms with van der Waals surface area (Å²) >= 11 is 0. The van der Waals surface area contributed by atoms with Crippen molar-refractivity contribution < 1.29 is 17.9 Å². The van der Waals surface area contributed by atoms with Gasteiger partial charge in [-0.15, -0.1) is 0 Å². The Balaban J connectivity index is 1.40. The van der Waals surface area contributed by atoms with E-state index in [2.05, 4.69) is 16.0 Å². The third kappa shape index (κ3) is 4.34. The molecule has 9 nitrogen and oxygen atoms in total. The molecule has 1 aromatic carbocycles. The van der Waals surface area contributed by atoms with E-state index in [0.717, 1.165) is 30.4 Å². The van der Waals surface area contributed by atoms with Gasteiger partial charge in [-0.25, -0.2) is 18.4 Å². The predicted molar refractivity (Wildman–Crippen MR) is 126 cm³/mol. The molecule has 3 heterocycles. The number of fused-ring (bicyclic) bond motifs is 1. The fourth-order valence-corrected chi connectivity index (χ4v) is 5.26. The first-order valence-corrected chi connectivity index (χ1v) is 13.1. The highest BCUT2D eigenvalue weighted by Gasteiger charge is 2.38. The minimum atomic E-state index is -3.29. The van der Waals surface area contributed by atoms with E-state index in [1.165, 1.54) is 10.6 Å². The summed E-state index contributed by atoms with van der Waals surface area (Å²) in [6, 6.07) is 12.3. The van der Waals surface area contributed by atoms with Crippen LogP contribution in [0.4, 0.5) is 0 Å². The van der Waals surface area contributed by atoms with Crippen LogP contribution in [0.3, 0.4) is 0 Å². The van der Waals surface area contributed by atoms with Crippen LogP contribution in [0.15, 0.2) is 42.7 Å². The van der Waals surface area contributed by atoms with Crippen LogP contribution in [0.5, 0.6) is 5.88 Å². The third-order valence-corrected chi connectivity index (χ3v) is 7.83. The molecule has 5 rings (SSSR count). The van der Waals surface area contributed by atoms with Crippen LogP contribution < -0.4 is 4.74 Å². The number of rotatable bonds is 6. The molecule has 0 radical (unpaired) electrons. The van der Waals surface area contributed by atoms with Crippen LogP contribution >= 0.6 is 0 Å². The Bertz CT molecular complexity index is 1350. The molecule has 2 aliphatic rings. The Kier molecular flexibility index (Phi) is 5.93. The van der Waals surface area contributed by atoms with Crippen molar-refractivity contribution in [2.45, 2.75) is 30.8 Å². The predicted octanol–water partition coefficient (Wildman–Crippen LogP) is 2.68. The maximum Gasteiger partial charge on any atom is 0.242 e. The summed E-state index contributed by atoms with van der Waals surface area (Å²) in [4.78, 5) is 13.5. The monoisotopic (exact) mass is 479 g/mol. The quantitative estimate of drug-likeness (QED) is 0.529. The van der Waals surface area contributed by atoms with E-state index >= 15 is 0 Å². The topological polar surface area (TPSA) is 118 Å². The second-order valence-corrected chi connectivity index (χ2v) is 10.8. The molecule has 0 unspecified atom stereocenters. The summed E-state index contributed by atoms with van der Waals surface area (Å²) in [5.74, 6) is 0.317. The first-order valence-electron chi connectivity index (χ1n) is 11.2. The number of nitrogens with zero attached hydrogens (tertiary/aromatic N) is 5. The SMILES string of the molecule is CS(=O)(=O)N1CCO[C@H](COc2nc(-c3ccc(C4(C#N)CCC4)cc3)cc3nccnc23)C1. The maximum absolute atomic E-state index is 11.9. The molecule has 1 atom stereocenters. The molecule has 34 heavy (non-hydrogen) atoms. The van der Waals surface area contributed by atoms with Crippen LogP contribution in [-0.4, -0.2) is 66.3 Å². The lowest BCUT2D eigenvalue weighted by Crippen LogP contribution is -2.47. The number of benzene rings is 1. The highest BCUT2D eigenvalue weighted by Crippen LogP contribution is 2.43. The molecule has 0 bridgehead atoms. The highest BCUT2D eigenvalue weighted by molar-refractivity contribution is 7.88. The van der Waals surface area contributed by atoms with Crippen LogP contribution in [0.2, 0.25) is 0 Å². The van der Waals surface area contributed by atoms with E-state index in [4.69, 9.17) is 14.5 Å². The van der Waals surface area contributed by atoms with Gasteiger partial charge in [0.1, 0.15) is 12.7 Å². The Hall–Kier alpha value is -3.13. The molecule has 0 N–H and O–H groups in total. The van der Waals surface area contributed by atoms with Crippen molar-refractivity contribution >= 4 is 21.1 Å². The van der Waals surface area contributed by atoms with Gasteiger partial charge >= 0.3 is 0 Å². The fraction of sp³-hybridized carbons (Fsp3) is 0.417. The minimum Gasteiger partial charge on any atom is -0.473 e. The molecule has 176 valence electrons. The van der Waals surface area contributed by atoms with E-state index in [1.54, 1.807) is 12.4 Å². The number of hydrogen-bond donors (Lipinski definition) is 0. The molecular weight excluding hydrogens is 454 g/mol. The van der Waals surface area contributed by atoms with Gasteiger partial charge in [-0.2, -0.15) is 9.57 Å². The number of pyridine rings is 1. The van der Waals surface area contributed by atoms with Crippen molar-refractivity contribution in [1.82, 2.24) is 19.3 Å². The van der Waals surface area contributed by atoms with E-state index in [-0.39, 0.29) is 18.6 Å². The number of morpholine rings is 1. The third-order valence-electron chi connectivity index (χ3n) is 6.56. The Labute approximate surface area is 198 Å². The molecule has 1 aliphatic carbocycles. The van der Waals surface area contributed by atoms with E-state index < -0.39 is 16.1 Å². The number of ether oxygens (including phenoxy) is 2. The Morgan fingerprint density at radius 3 is 2.68 bits per heavy atom. The Morgan fingerprint density at radius 1 is 1.24 bits per heavy atom. The summed E-state index contributed by atoms with van der Waals surface area (Å²) in [5.41, 5.74) is 3.39. The second kappa shape index (κ2) is 8.91. The van der Waals surface area contributed by atoms with Crippen molar-refractivity contribution in [2.24, 2.45) is 0 Å². The molecule has 2 fully saturated rings. The lowest BCUT2D eigenvalue weighted by molar-refractivity contribution is -0.0252. The van der Waals surface area contributed by atoms with Crippen LogP contribution in [0.25, 0.3) is 22.3 Å². The second-order valence-electron chi connectivity index (χ2n) is 8.79. The molecule has 0 spiro atoms. The minimum absolute atomic E-state index is 0.137. The van der Waals surface area contributed by atoms with Gasteiger partial charge in [0.25, 0.3) is 0 Å². The standard InChI is InChI=1S/C24H25N5O4S/c1-34(30,31)29-11-12-32-19(14-29)15-33-23-22-21(26-9-10-27-22)13-20(28-23)17-3-5-18(6-4-17)24(16-25)7-2-8-24/h3-6,9-10,13,19H,2,7-8,11-12,14-15H2,1H3/t19-/m0/s1. The zero-order valence-corrected chi connectivity index (χ0v) is 19.7. The van der Waals surface area contributed by atoms with E-state index in [0.29, 0.717) is 35.8 Å². The number of sulfonamides is 1. The molecule has 10 heteroatoms. The summed E-state index contributed by atoms with van der Waals surface area (Å²) < 4.78 is 36.9. The molecular formula is C24H25N5O4S. The number of hydrogen-bond acceptors (Lipinski definition) is 8. The molecule has 1 saturated heterocycles. The molecule has 0 amide bonds. The van der Waals surface area contributed by atoms with Crippen LogP contribution in [-0.2, 0) is 20.2 Å². The van der Waals surface area contributed by atoms with Gasteiger partial charge in [-0.3, -0.25) is 4.98 Å². The average Bonchev–Trinajstić information content (AvgIpc) is 2.82. The lowest BCUT2D eigenvalue weighted by Gasteiger charge is -2.35. The first-order chi connectivity index (χ1) is 16.4. The normalized spacial score (nSPS) is 20.4. The Morgan fingerprint density at radius 2 is 2.00 bits per heavy atom. The zero-order chi connectivity index (χ0) is 23.8. The van der Waals surface area contributed by atoms with Gasteiger partial charge in [0.2, 0.25) is 15.9 Å². The highest BCUT2D eigenvalue weighted by atomic mass is 32.2. The largest absolute Gasteiger partial charge is 0.473 e. The van der Waals surface area contributed by atoms with Crippen molar-refractivity contribution in [3.8, 4) is 23.2 Å². The van der Waals surface area contributed by atoms with Crippen molar-refractivity contribution in [1.29, 1.82) is 5.26 Å². The van der Waals surface area contributed by atoms with Crippen LogP contribution in [0.1, 0.15) is 24.8 Å². The van der Waals surface area contributed by atoms with Crippen molar-refractivity contribution in [3.05, 3.63) is 48.3 Å². The lowest BCUT2D eigenvalue weighted by atomic mass is 9.65. The van der Waals surface area contributed by atoms with Gasteiger partial charge in [-0.05, 0) is 30.9 Å². The summed E-state index contributed by atoms with van der Waals surface area (Å²) in [6.07, 6.45) is 6.83. The van der Waals surface area contributed by atoms with Gasteiger partial charge in [-0.1, -0.05) is 24.3 Å². The smallest absolute Gasteiger partial charge is 0.242 e. The molecule has 1 aliphatic heterocycles. The fourth-order valence-electron chi connectivity index (χ4n) is 4.41. The molecule has 3 aromatic rings. The first kappa shape index (κ1) is 22.7. The van der Waals surface area contributed by atoms with Gasteiger partial charge in [0, 0.05) is 31.0 Å². The van der Waals surface area contributed by atoms with E-state index in [1.807, 2.05) is 30.3 Å². The maximum atomic E-state index is 11.9. The number of nitriles is 1.